The van der Waals surface area contributed by atoms with E-state index in [1.54, 1.807) is 11.3 Å². The first kappa shape index (κ1) is 13.1. The van der Waals surface area contributed by atoms with Gasteiger partial charge in [0.1, 0.15) is 0 Å². The van der Waals surface area contributed by atoms with E-state index in [0.717, 1.165) is 22.5 Å². The normalized spacial score (nSPS) is 26.8. The summed E-state index contributed by atoms with van der Waals surface area (Å²) in [5.41, 5.74) is 3.19. The number of thiophene rings is 1. The van der Waals surface area contributed by atoms with Crippen molar-refractivity contribution in [3.05, 3.63) is 53.8 Å². The molecule has 1 aromatic heterocycles. The van der Waals surface area contributed by atoms with Gasteiger partial charge in [-0.3, -0.25) is 4.79 Å². The average Bonchev–Trinajstić information content (AvgIpc) is 2.94. The van der Waals surface area contributed by atoms with Crippen LogP contribution in [0.1, 0.15) is 22.3 Å². The first-order valence-corrected chi connectivity index (χ1v) is 8.31. The van der Waals surface area contributed by atoms with Gasteiger partial charge in [-0.25, -0.2) is 0 Å². The standard InChI is InChI=1S/C18H18NOS/c1-11-4-3-5-13(8-11)17-15(6-7-21-17)18(20)19-10-14-9-16(14)12(19)2/h3-8,12,14,16H,2,9-10H2,1H3/t12-,14-,16+/m0/s1. The Balaban J connectivity index is 1.67. The van der Waals surface area contributed by atoms with Crippen molar-refractivity contribution in [3.8, 4) is 10.4 Å². The molecule has 21 heavy (non-hydrogen) atoms. The molecule has 2 aliphatic rings. The summed E-state index contributed by atoms with van der Waals surface area (Å²) in [7, 11) is 0. The quantitative estimate of drug-likeness (QED) is 0.819. The molecule has 0 unspecified atom stereocenters. The number of carbonyl (C=O) groups is 1. The molecule has 1 amide bonds. The van der Waals surface area contributed by atoms with E-state index in [2.05, 4.69) is 32.0 Å². The summed E-state index contributed by atoms with van der Waals surface area (Å²) in [5.74, 6) is 1.51. The molecule has 1 saturated heterocycles. The topological polar surface area (TPSA) is 20.3 Å². The van der Waals surface area contributed by atoms with Crippen LogP contribution in [0.3, 0.4) is 0 Å². The molecule has 0 N–H and O–H groups in total. The number of piperidine rings is 1. The third kappa shape index (κ3) is 2.11. The van der Waals surface area contributed by atoms with Gasteiger partial charge in [0.25, 0.3) is 5.91 Å². The van der Waals surface area contributed by atoms with Crippen LogP contribution < -0.4 is 0 Å². The summed E-state index contributed by atoms with van der Waals surface area (Å²) in [6.45, 7) is 7.17. The van der Waals surface area contributed by atoms with Crippen LogP contribution >= 0.6 is 11.3 Å². The highest BCUT2D eigenvalue weighted by Crippen LogP contribution is 2.49. The molecule has 1 aliphatic heterocycles. The first-order chi connectivity index (χ1) is 10.1. The molecular formula is C18H18NOS. The van der Waals surface area contributed by atoms with Gasteiger partial charge in [0.05, 0.1) is 5.56 Å². The van der Waals surface area contributed by atoms with Crippen molar-refractivity contribution in [2.24, 2.45) is 11.8 Å². The molecule has 0 bridgehead atoms. The number of amides is 1. The monoisotopic (exact) mass is 296 g/mol. The number of likely N-dealkylation sites (tertiary alicyclic amines) is 1. The Morgan fingerprint density at radius 3 is 2.95 bits per heavy atom. The number of carbonyl (C=O) groups excluding carboxylic acids is 1. The van der Waals surface area contributed by atoms with Crippen molar-refractivity contribution in [1.82, 2.24) is 4.90 Å². The van der Waals surface area contributed by atoms with Gasteiger partial charge in [0.15, 0.2) is 0 Å². The van der Waals surface area contributed by atoms with E-state index in [9.17, 15) is 4.79 Å². The SMILES string of the molecule is [CH2][C@H]1[C@H]2C[C@H]2CN1C(=O)c1ccsc1-c1cccc(C)c1. The van der Waals surface area contributed by atoms with E-state index in [1.807, 2.05) is 22.4 Å². The molecule has 1 saturated carbocycles. The van der Waals surface area contributed by atoms with Crippen LogP contribution in [0.25, 0.3) is 10.4 Å². The Labute approximate surface area is 129 Å². The van der Waals surface area contributed by atoms with Crippen LogP contribution in [0.4, 0.5) is 0 Å². The van der Waals surface area contributed by atoms with Gasteiger partial charge in [-0.1, -0.05) is 29.8 Å². The highest BCUT2D eigenvalue weighted by molar-refractivity contribution is 7.14. The smallest absolute Gasteiger partial charge is 0.255 e. The third-order valence-electron chi connectivity index (χ3n) is 4.74. The van der Waals surface area contributed by atoms with Gasteiger partial charge in [0, 0.05) is 17.5 Å². The van der Waals surface area contributed by atoms with E-state index < -0.39 is 0 Å². The van der Waals surface area contributed by atoms with Crippen molar-refractivity contribution >= 4 is 17.2 Å². The lowest BCUT2D eigenvalue weighted by Crippen LogP contribution is -2.36. The van der Waals surface area contributed by atoms with Crippen LogP contribution in [0.5, 0.6) is 0 Å². The highest BCUT2D eigenvalue weighted by atomic mass is 32.1. The van der Waals surface area contributed by atoms with Crippen LogP contribution in [-0.2, 0) is 0 Å². The Morgan fingerprint density at radius 1 is 1.38 bits per heavy atom. The van der Waals surface area contributed by atoms with Gasteiger partial charge >= 0.3 is 0 Å². The summed E-state index contributed by atoms with van der Waals surface area (Å²) < 4.78 is 0. The van der Waals surface area contributed by atoms with Crippen molar-refractivity contribution < 1.29 is 4.79 Å². The Morgan fingerprint density at radius 2 is 2.24 bits per heavy atom. The molecule has 2 nitrogen and oxygen atoms in total. The van der Waals surface area contributed by atoms with E-state index in [1.165, 1.54) is 12.0 Å². The average molecular weight is 296 g/mol. The Kier molecular flexibility index (Phi) is 2.93. The molecule has 2 fully saturated rings. The Bertz CT molecular complexity index is 705. The van der Waals surface area contributed by atoms with Crippen molar-refractivity contribution in [2.45, 2.75) is 19.4 Å². The Hall–Kier alpha value is -1.61. The molecule has 1 aromatic carbocycles. The zero-order valence-electron chi connectivity index (χ0n) is 12.1. The fourth-order valence-electron chi connectivity index (χ4n) is 3.45. The number of fused-ring (bicyclic) bond motifs is 1. The maximum atomic E-state index is 12.9. The molecule has 4 rings (SSSR count). The first-order valence-electron chi connectivity index (χ1n) is 7.44. The number of hydrogen-bond acceptors (Lipinski definition) is 2. The van der Waals surface area contributed by atoms with Crippen LogP contribution in [0.15, 0.2) is 35.7 Å². The second-order valence-corrected chi connectivity index (χ2v) is 7.13. The second-order valence-electron chi connectivity index (χ2n) is 6.22. The molecule has 1 radical (unpaired) electrons. The van der Waals surface area contributed by atoms with E-state index >= 15 is 0 Å². The fourth-order valence-corrected chi connectivity index (χ4v) is 4.33. The van der Waals surface area contributed by atoms with Crippen LogP contribution in [-0.4, -0.2) is 23.4 Å². The maximum absolute atomic E-state index is 12.9. The number of rotatable bonds is 2. The van der Waals surface area contributed by atoms with Crippen molar-refractivity contribution in [2.75, 3.05) is 6.54 Å². The molecule has 2 aromatic rings. The minimum Gasteiger partial charge on any atom is -0.335 e. The summed E-state index contributed by atoms with van der Waals surface area (Å²) in [4.78, 5) is 15.9. The number of aryl methyl sites for hydroxylation is 1. The minimum atomic E-state index is 0.153. The fraction of sp³-hybridized carbons (Fsp3) is 0.333. The highest BCUT2D eigenvalue weighted by Gasteiger charge is 2.52. The van der Waals surface area contributed by atoms with Crippen molar-refractivity contribution in [3.63, 3.8) is 0 Å². The molecule has 0 spiro atoms. The molecule has 3 atom stereocenters. The molecule has 1 aliphatic carbocycles. The zero-order valence-corrected chi connectivity index (χ0v) is 12.9. The molecular weight excluding hydrogens is 278 g/mol. The maximum Gasteiger partial charge on any atom is 0.255 e. The lowest BCUT2D eigenvalue weighted by atomic mass is 10.1. The molecule has 3 heteroatoms. The van der Waals surface area contributed by atoms with Crippen LogP contribution in [0, 0.1) is 25.7 Å². The van der Waals surface area contributed by atoms with Gasteiger partial charge < -0.3 is 4.90 Å². The predicted molar refractivity (Wildman–Crippen MR) is 86.3 cm³/mol. The number of hydrogen-bond donors (Lipinski definition) is 0. The van der Waals surface area contributed by atoms with Crippen LogP contribution in [0.2, 0.25) is 0 Å². The van der Waals surface area contributed by atoms with Crippen molar-refractivity contribution in [1.29, 1.82) is 0 Å². The summed E-state index contributed by atoms with van der Waals surface area (Å²) >= 11 is 1.64. The number of benzene rings is 1. The lowest BCUT2D eigenvalue weighted by Gasteiger charge is -2.24. The van der Waals surface area contributed by atoms with Gasteiger partial charge in [-0.05, 0) is 49.1 Å². The van der Waals surface area contributed by atoms with Gasteiger partial charge in [0.2, 0.25) is 0 Å². The molecule has 107 valence electrons. The van der Waals surface area contributed by atoms with Gasteiger partial charge in [-0.15, -0.1) is 11.3 Å². The summed E-state index contributed by atoms with van der Waals surface area (Å²) in [5, 5.41) is 2.01. The largest absolute Gasteiger partial charge is 0.335 e. The van der Waals surface area contributed by atoms with E-state index in [-0.39, 0.29) is 11.9 Å². The van der Waals surface area contributed by atoms with E-state index in [0.29, 0.717) is 11.8 Å². The predicted octanol–water partition coefficient (Wildman–Crippen LogP) is 4.02. The molecule has 2 heterocycles. The van der Waals surface area contributed by atoms with E-state index in [4.69, 9.17) is 0 Å². The summed E-state index contributed by atoms with van der Waals surface area (Å²) in [6, 6.07) is 10.5. The number of nitrogens with zero attached hydrogens (tertiary/aromatic N) is 1. The minimum absolute atomic E-state index is 0.153. The zero-order chi connectivity index (χ0) is 14.6. The summed E-state index contributed by atoms with van der Waals surface area (Å²) in [6.07, 6.45) is 1.26. The lowest BCUT2D eigenvalue weighted by molar-refractivity contribution is 0.0737. The third-order valence-corrected chi connectivity index (χ3v) is 5.70. The second kappa shape index (κ2) is 4.70. The van der Waals surface area contributed by atoms with Gasteiger partial charge in [-0.2, -0.15) is 0 Å².